The molecule has 0 aliphatic carbocycles. The van der Waals surface area contributed by atoms with Gasteiger partial charge in [-0.2, -0.15) is 4.31 Å². The number of hydrogen-bond acceptors (Lipinski definition) is 5. The van der Waals surface area contributed by atoms with Crippen LogP contribution in [0.1, 0.15) is 13.3 Å². The van der Waals surface area contributed by atoms with Crippen molar-refractivity contribution in [3.8, 4) is 0 Å². The molecule has 1 aromatic carbocycles. The zero-order valence-corrected chi connectivity index (χ0v) is 13.9. The van der Waals surface area contributed by atoms with E-state index in [0.29, 0.717) is 6.42 Å². The minimum Gasteiger partial charge on any atom is -0.468 e. The van der Waals surface area contributed by atoms with E-state index < -0.39 is 22.5 Å². The molecule has 118 valence electrons. The highest BCUT2D eigenvalue weighted by molar-refractivity contribution is 7.89. The fourth-order valence-corrected chi connectivity index (χ4v) is 4.35. The molecule has 1 rings (SSSR count). The maximum atomic E-state index is 12.6. The number of nitrogens with two attached hydrogens (primary N) is 1. The summed E-state index contributed by atoms with van der Waals surface area (Å²) in [6.45, 7) is 1.50. The van der Waals surface area contributed by atoms with Gasteiger partial charge in [-0.1, -0.05) is 30.1 Å². The van der Waals surface area contributed by atoms with Crippen LogP contribution < -0.4 is 5.73 Å². The molecule has 6 nitrogen and oxygen atoms in total. The number of halogens is 2. The van der Waals surface area contributed by atoms with E-state index in [0.717, 1.165) is 4.31 Å². The molecule has 0 aliphatic rings. The molecule has 0 aromatic heterocycles. The van der Waals surface area contributed by atoms with Gasteiger partial charge in [0.2, 0.25) is 10.0 Å². The van der Waals surface area contributed by atoms with Crippen LogP contribution in [0.15, 0.2) is 17.0 Å². The molecular formula is C12H16Cl2N2O4S. The Morgan fingerprint density at radius 2 is 1.86 bits per heavy atom. The Morgan fingerprint density at radius 3 is 2.29 bits per heavy atom. The summed E-state index contributed by atoms with van der Waals surface area (Å²) in [5.41, 5.74) is 5.81. The predicted octanol–water partition coefficient (Wildman–Crippen LogP) is 2.15. The quantitative estimate of drug-likeness (QED) is 0.624. The molecule has 0 amide bonds. The zero-order valence-electron chi connectivity index (χ0n) is 11.6. The van der Waals surface area contributed by atoms with Crippen molar-refractivity contribution in [3.05, 3.63) is 22.2 Å². The Balaban J connectivity index is 3.32. The van der Waals surface area contributed by atoms with Crippen molar-refractivity contribution in [2.75, 3.05) is 25.9 Å². The summed E-state index contributed by atoms with van der Waals surface area (Å²) >= 11 is 11.9. The lowest BCUT2D eigenvalue weighted by atomic mass is 10.3. The molecule has 2 N–H and O–H groups in total. The number of benzene rings is 1. The normalized spacial score (nSPS) is 11.7. The zero-order chi connectivity index (χ0) is 16.2. The molecule has 21 heavy (non-hydrogen) atoms. The molecule has 1 aromatic rings. The van der Waals surface area contributed by atoms with Crippen molar-refractivity contribution in [3.63, 3.8) is 0 Å². The maximum absolute atomic E-state index is 12.6. The van der Waals surface area contributed by atoms with Gasteiger partial charge < -0.3 is 10.5 Å². The highest BCUT2D eigenvalue weighted by Gasteiger charge is 2.30. The minimum absolute atomic E-state index is 0.0917. The Kier molecular flexibility index (Phi) is 6.27. The smallest absolute Gasteiger partial charge is 0.321 e. The number of ether oxygens (including phenoxy) is 1. The van der Waals surface area contributed by atoms with Gasteiger partial charge in [0.15, 0.2) is 0 Å². The summed E-state index contributed by atoms with van der Waals surface area (Å²) in [6.07, 6.45) is 0.514. The Morgan fingerprint density at radius 1 is 1.33 bits per heavy atom. The van der Waals surface area contributed by atoms with E-state index in [1.807, 2.05) is 0 Å². The second-order valence-electron chi connectivity index (χ2n) is 4.23. The highest BCUT2D eigenvalue weighted by Crippen LogP contribution is 2.33. The largest absolute Gasteiger partial charge is 0.468 e. The van der Waals surface area contributed by atoms with Gasteiger partial charge in [-0.3, -0.25) is 4.79 Å². The third-order valence-electron chi connectivity index (χ3n) is 2.62. The number of anilines is 1. The first-order chi connectivity index (χ1) is 9.73. The van der Waals surface area contributed by atoms with Crippen LogP contribution in [0.2, 0.25) is 10.0 Å². The van der Waals surface area contributed by atoms with E-state index in [1.54, 1.807) is 6.92 Å². The summed E-state index contributed by atoms with van der Waals surface area (Å²) < 4.78 is 30.8. The van der Waals surface area contributed by atoms with Crippen LogP contribution >= 0.6 is 23.2 Å². The van der Waals surface area contributed by atoms with Crippen LogP contribution in [0.5, 0.6) is 0 Å². The van der Waals surface area contributed by atoms with Gasteiger partial charge in [-0.05, 0) is 18.6 Å². The molecule has 0 saturated heterocycles. The maximum Gasteiger partial charge on any atom is 0.321 e. The van der Waals surface area contributed by atoms with Crippen LogP contribution in [0.3, 0.4) is 0 Å². The molecule has 0 aliphatic heterocycles. The van der Waals surface area contributed by atoms with Crippen molar-refractivity contribution in [1.82, 2.24) is 4.31 Å². The monoisotopic (exact) mass is 354 g/mol. The van der Waals surface area contributed by atoms with Gasteiger partial charge in [0.05, 0.1) is 17.2 Å². The Hall–Kier alpha value is -1.02. The second-order valence-corrected chi connectivity index (χ2v) is 6.92. The van der Waals surface area contributed by atoms with Crippen LogP contribution in [0, 0.1) is 0 Å². The molecule has 0 bridgehead atoms. The molecule has 9 heteroatoms. The van der Waals surface area contributed by atoms with Crippen LogP contribution in [0.4, 0.5) is 5.69 Å². The summed E-state index contributed by atoms with van der Waals surface area (Å²) in [5.74, 6) is -0.672. The SMILES string of the molecule is CCCN(CC(=O)OC)S(=O)(=O)c1c(Cl)cc(N)cc1Cl. The van der Waals surface area contributed by atoms with E-state index in [4.69, 9.17) is 28.9 Å². The van der Waals surface area contributed by atoms with Gasteiger partial charge >= 0.3 is 5.97 Å². The van der Waals surface area contributed by atoms with Gasteiger partial charge in [0, 0.05) is 12.2 Å². The molecule has 0 heterocycles. The molecule has 0 atom stereocenters. The van der Waals surface area contributed by atoms with Gasteiger partial charge in [0.1, 0.15) is 11.4 Å². The Bertz CT molecular complexity index is 611. The number of sulfonamides is 1. The summed E-state index contributed by atoms with van der Waals surface area (Å²) in [7, 11) is -2.85. The van der Waals surface area contributed by atoms with Crippen LogP contribution in [0.25, 0.3) is 0 Å². The predicted molar refractivity (Wildman–Crippen MR) is 81.9 cm³/mol. The molecule has 0 fully saturated rings. The lowest BCUT2D eigenvalue weighted by molar-refractivity contribution is -0.140. The lowest BCUT2D eigenvalue weighted by Gasteiger charge is -2.21. The average molecular weight is 355 g/mol. The third-order valence-corrected chi connectivity index (χ3v) is 5.39. The molecule has 0 radical (unpaired) electrons. The number of carbonyl (C=O) groups is 1. The topological polar surface area (TPSA) is 89.7 Å². The van der Waals surface area contributed by atoms with E-state index in [2.05, 4.69) is 4.74 Å². The van der Waals surface area contributed by atoms with Crippen molar-refractivity contribution < 1.29 is 17.9 Å². The van der Waals surface area contributed by atoms with Crippen molar-refractivity contribution >= 4 is 44.9 Å². The first kappa shape index (κ1) is 18.0. The summed E-state index contributed by atoms with van der Waals surface area (Å²) in [6, 6.07) is 2.59. The molecule has 0 spiro atoms. The summed E-state index contributed by atoms with van der Waals surface area (Å²) in [4.78, 5) is 11.1. The number of esters is 1. The van der Waals surface area contributed by atoms with E-state index in [-0.39, 0.29) is 27.2 Å². The van der Waals surface area contributed by atoms with Crippen LogP contribution in [-0.4, -0.2) is 38.9 Å². The average Bonchev–Trinajstić information content (AvgIpc) is 2.36. The highest BCUT2D eigenvalue weighted by atomic mass is 35.5. The lowest BCUT2D eigenvalue weighted by Crippen LogP contribution is -2.37. The molecular weight excluding hydrogens is 339 g/mol. The minimum atomic E-state index is -4.03. The van der Waals surface area contributed by atoms with E-state index >= 15 is 0 Å². The van der Waals surface area contributed by atoms with Crippen LogP contribution in [-0.2, 0) is 19.6 Å². The number of carbonyl (C=O) groups excluding carboxylic acids is 1. The van der Waals surface area contributed by atoms with Crippen molar-refractivity contribution in [2.45, 2.75) is 18.2 Å². The van der Waals surface area contributed by atoms with Gasteiger partial charge in [-0.15, -0.1) is 0 Å². The fraction of sp³-hybridized carbons (Fsp3) is 0.417. The van der Waals surface area contributed by atoms with E-state index in [9.17, 15) is 13.2 Å². The van der Waals surface area contributed by atoms with Crippen molar-refractivity contribution in [2.24, 2.45) is 0 Å². The van der Waals surface area contributed by atoms with Gasteiger partial charge in [-0.25, -0.2) is 8.42 Å². The number of nitrogens with zero attached hydrogens (tertiary/aromatic N) is 1. The number of nitrogen functional groups attached to an aromatic ring is 1. The standard InChI is InChI=1S/C12H16Cl2N2O4S/c1-3-4-16(7-11(17)20-2)21(18,19)12-9(13)5-8(15)6-10(12)14/h5-6H,3-4,7,15H2,1-2H3. The van der Waals surface area contributed by atoms with Gasteiger partial charge in [0.25, 0.3) is 0 Å². The number of hydrogen-bond donors (Lipinski definition) is 1. The first-order valence-electron chi connectivity index (χ1n) is 6.05. The Labute approximate surface area is 133 Å². The number of methoxy groups -OCH3 is 1. The summed E-state index contributed by atoms with van der Waals surface area (Å²) in [5, 5.41) is -0.183. The molecule has 0 unspecified atom stereocenters. The first-order valence-corrected chi connectivity index (χ1v) is 8.25. The molecule has 0 saturated carbocycles. The third kappa shape index (κ3) is 4.23. The number of rotatable bonds is 6. The fourth-order valence-electron chi connectivity index (χ4n) is 1.70. The van der Waals surface area contributed by atoms with Crippen molar-refractivity contribution in [1.29, 1.82) is 0 Å². The van der Waals surface area contributed by atoms with E-state index in [1.165, 1.54) is 19.2 Å². The second kappa shape index (κ2) is 7.31.